The van der Waals surface area contributed by atoms with Crippen molar-refractivity contribution < 1.29 is 14.4 Å². The average molecular weight is 321 g/mol. The third kappa shape index (κ3) is 2.54. The number of Topliss-reactive ketones (excluding diaryl/α,β-unsaturated/α-hetero) is 2. The zero-order valence-electron chi connectivity index (χ0n) is 14.0. The summed E-state index contributed by atoms with van der Waals surface area (Å²) in [5, 5.41) is 2.84. The maximum absolute atomic E-state index is 12.4. The van der Waals surface area contributed by atoms with Gasteiger partial charge in [0.1, 0.15) is 0 Å². The van der Waals surface area contributed by atoms with Gasteiger partial charge in [0.05, 0.1) is 0 Å². The van der Waals surface area contributed by atoms with Crippen LogP contribution in [-0.2, 0) is 4.79 Å². The van der Waals surface area contributed by atoms with Crippen molar-refractivity contribution in [3.05, 3.63) is 53.6 Å². The molecule has 0 saturated carbocycles. The molecule has 1 aliphatic carbocycles. The van der Waals surface area contributed by atoms with E-state index < -0.39 is 17.0 Å². The van der Waals surface area contributed by atoms with Crippen LogP contribution in [0, 0.1) is 5.41 Å². The van der Waals surface area contributed by atoms with Crippen molar-refractivity contribution in [3.63, 3.8) is 0 Å². The summed E-state index contributed by atoms with van der Waals surface area (Å²) in [7, 11) is 0. The number of anilines is 1. The van der Waals surface area contributed by atoms with Gasteiger partial charge >= 0.3 is 0 Å². The quantitative estimate of drug-likeness (QED) is 0.865. The number of nitrogens with one attached hydrogen (secondary N) is 1. The summed E-state index contributed by atoms with van der Waals surface area (Å²) in [5.41, 5.74) is 2.28. The van der Waals surface area contributed by atoms with Crippen LogP contribution in [0.25, 0.3) is 11.1 Å². The van der Waals surface area contributed by atoms with Crippen LogP contribution in [-0.4, -0.2) is 17.5 Å². The second-order valence-electron chi connectivity index (χ2n) is 6.66. The molecule has 2 aromatic carbocycles. The smallest absolute Gasteiger partial charge is 0.234 e. The van der Waals surface area contributed by atoms with Gasteiger partial charge in [0.2, 0.25) is 17.5 Å². The first-order chi connectivity index (χ1) is 11.3. The van der Waals surface area contributed by atoms with Gasteiger partial charge in [0, 0.05) is 22.2 Å². The van der Waals surface area contributed by atoms with E-state index in [1.807, 2.05) is 32.9 Å². The van der Waals surface area contributed by atoms with Crippen LogP contribution in [0.1, 0.15) is 47.9 Å². The van der Waals surface area contributed by atoms with E-state index in [0.717, 1.165) is 11.1 Å². The SMILES string of the molecule is CCC(C)(C)C(=O)Nc1ccc2c(c1)C(=O)C(=O)c1ccccc1-2. The summed E-state index contributed by atoms with van der Waals surface area (Å²) >= 11 is 0. The number of carbonyl (C=O) groups excluding carboxylic acids is 3. The lowest BCUT2D eigenvalue weighted by Crippen LogP contribution is -2.30. The number of hydrogen-bond acceptors (Lipinski definition) is 3. The van der Waals surface area contributed by atoms with Gasteiger partial charge in [-0.3, -0.25) is 14.4 Å². The van der Waals surface area contributed by atoms with Gasteiger partial charge in [-0.1, -0.05) is 51.1 Å². The molecule has 0 radical (unpaired) electrons. The molecule has 0 aromatic heterocycles. The average Bonchev–Trinajstić information content (AvgIpc) is 2.59. The fourth-order valence-corrected chi connectivity index (χ4v) is 2.67. The van der Waals surface area contributed by atoms with Crippen LogP contribution in [0.5, 0.6) is 0 Å². The molecule has 2 aromatic rings. The minimum atomic E-state index is -0.533. The van der Waals surface area contributed by atoms with E-state index >= 15 is 0 Å². The molecular formula is C20H19NO3. The maximum atomic E-state index is 12.4. The predicted octanol–water partition coefficient (Wildman–Crippen LogP) is 4.11. The second kappa shape index (κ2) is 5.71. The van der Waals surface area contributed by atoms with E-state index in [1.54, 1.807) is 30.3 Å². The highest BCUT2D eigenvalue weighted by Crippen LogP contribution is 2.35. The van der Waals surface area contributed by atoms with Gasteiger partial charge in [0.25, 0.3) is 0 Å². The Labute approximate surface area is 140 Å². The van der Waals surface area contributed by atoms with Crippen LogP contribution >= 0.6 is 0 Å². The van der Waals surface area contributed by atoms with Crippen LogP contribution in [0.2, 0.25) is 0 Å². The molecule has 0 atom stereocenters. The number of fused-ring (bicyclic) bond motifs is 3. The third-order valence-corrected chi connectivity index (χ3v) is 4.69. The second-order valence-corrected chi connectivity index (χ2v) is 6.66. The molecule has 0 saturated heterocycles. The molecule has 4 heteroatoms. The van der Waals surface area contributed by atoms with Crippen LogP contribution in [0.4, 0.5) is 5.69 Å². The van der Waals surface area contributed by atoms with Crippen molar-refractivity contribution in [2.45, 2.75) is 27.2 Å². The summed E-state index contributed by atoms with van der Waals surface area (Å²) in [5.74, 6) is -1.15. The normalized spacial score (nSPS) is 13.3. The Morgan fingerprint density at radius 1 is 0.917 bits per heavy atom. The Balaban J connectivity index is 2.02. The molecule has 0 aliphatic heterocycles. The van der Waals surface area contributed by atoms with Gasteiger partial charge in [-0.15, -0.1) is 0 Å². The van der Waals surface area contributed by atoms with Crippen molar-refractivity contribution in [1.82, 2.24) is 0 Å². The molecule has 0 fully saturated rings. The molecular weight excluding hydrogens is 302 g/mol. The Bertz CT molecular complexity index is 865. The summed E-state index contributed by atoms with van der Waals surface area (Å²) < 4.78 is 0. The highest BCUT2D eigenvalue weighted by Gasteiger charge is 2.31. The van der Waals surface area contributed by atoms with Gasteiger partial charge in [-0.05, 0) is 29.7 Å². The molecule has 0 bridgehead atoms. The Morgan fingerprint density at radius 2 is 1.50 bits per heavy atom. The van der Waals surface area contributed by atoms with Crippen molar-refractivity contribution in [1.29, 1.82) is 0 Å². The molecule has 0 heterocycles. The molecule has 0 unspecified atom stereocenters. The topological polar surface area (TPSA) is 63.2 Å². The fourth-order valence-electron chi connectivity index (χ4n) is 2.67. The largest absolute Gasteiger partial charge is 0.326 e. The van der Waals surface area contributed by atoms with Crippen LogP contribution < -0.4 is 5.32 Å². The van der Waals surface area contributed by atoms with Gasteiger partial charge in [0.15, 0.2) is 0 Å². The van der Waals surface area contributed by atoms with Crippen molar-refractivity contribution in [2.24, 2.45) is 5.41 Å². The lowest BCUT2D eigenvalue weighted by Gasteiger charge is -2.23. The molecule has 24 heavy (non-hydrogen) atoms. The molecule has 0 spiro atoms. The van der Waals surface area contributed by atoms with Crippen LogP contribution in [0.3, 0.4) is 0 Å². The van der Waals surface area contributed by atoms with Crippen LogP contribution in [0.15, 0.2) is 42.5 Å². The molecule has 1 aliphatic rings. The highest BCUT2D eigenvalue weighted by atomic mass is 16.2. The number of ketones is 2. The first-order valence-electron chi connectivity index (χ1n) is 7.99. The molecule has 1 N–H and O–H groups in total. The standard InChI is InChI=1S/C20H19NO3/c1-4-20(2,3)19(24)21-12-9-10-14-13-7-5-6-8-15(13)17(22)18(23)16(14)11-12/h5-11H,4H2,1-3H3,(H,21,24). The summed E-state index contributed by atoms with van der Waals surface area (Å²) in [6, 6.07) is 12.2. The van der Waals surface area contributed by atoms with E-state index in [0.29, 0.717) is 23.2 Å². The number of amides is 1. The molecule has 122 valence electrons. The highest BCUT2D eigenvalue weighted by molar-refractivity contribution is 6.53. The third-order valence-electron chi connectivity index (χ3n) is 4.69. The first-order valence-corrected chi connectivity index (χ1v) is 7.99. The first kappa shape index (κ1) is 16.1. The number of hydrogen-bond donors (Lipinski definition) is 1. The summed E-state index contributed by atoms with van der Waals surface area (Å²) in [6.45, 7) is 5.68. The predicted molar refractivity (Wildman–Crippen MR) is 93.2 cm³/mol. The fraction of sp³-hybridized carbons (Fsp3) is 0.250. The summed E-state index contributed by atoms with van der Waals surface area (Å²) in [4.78, 5) is 37.0. The van der Waals surface area contributed by atoms with E-state index in [2.05, 4.69) is 5.32 Å². The van der Waals surface area contributed by atoms with Crippen molar-refractivity contribution >= 4 is 23.2 Å². The Morgan fingerprint density at radius 3 is 2.17 bits per heavy atom. The molecule has 3 rings (SSSR count). The lowest BCUT2D eigenvalue weighted by molar-refractivity contribution is -0.124. The lowest BCUT2D eigenvalue weighted by atomic mass is 9.83. The van der Waals surface area contributed by atoms with E-state index in [4.69, 9.17) is 0 Å². The minimum absolute atomic E-state index is 0.111. The Hall–Kier alpha value is -2.75. The van der Waals surface area contributed by atoms with Gasteiger partial charge in [-0.2, -0.15) is 0 Å². The monoisotopic (exact) mass is 321 g/mol. The number of rotatable bonds is 3. The minimum Gasteiger partial charge on any atom is -0.326 e. The van der Waals surface area contributed by atoms with Crippen molar-refractivity contribution in [2.75, 3.05) is 5.32 Å². The molecule has 4 nitrogen and oxygen atoms in total. The molecule has 1 amide bonds. The van der Waals surface area contributed by atoms with Gasteiger partial charge in [-0.25, -0.2) is 0 Å². The zero-order chi connectivity index (χ0) is 17.5. The number of benzene rings is 2. The van der Waals surface area contributed by atoms with E-state index in [9.17, 15) is 14.4 Å². The number of carbonyl (C=O) groups is 3. The van der Waals surface area contributed by atoms with E-state index in [1.165, 1.54) is 0 Å². The van der Waals surface area contributed by atoms with Crippen molar-refractivity contribution in [3.8, 4) is 11.1 Å². The zero-order valence-corrected chi connectivity index (χ0v) is 14.0. The Kier molecular flexibility index (Phi) is 3.84. The van der Waals surface area contributed by atoms with Gasteiger partial charge < -0.3 is 5.32 Å². The maximum Gasteiger partial charge on any atom is 0.234 e. The summed E-state index contributed by atoms with van der Waals surface area (Å²) in [6.07, 6.45) is 0.703. The van der Waals surface area contributed by atoms with E-state index in [-0.39, 0.29) is 5.91 Å².